The maximum atomic E-state index is 13.9. The second kappa shape index (κ2) is 20.4. The van der Waals surface area contributed by atoms with Crippen LogP contribution in [0, 0.1) is 0 Å². The van der Waals surface area contributed by atoms with Crippen LogP contribution in [0.3, 0.4) is 0 Å². The number of likely N-dealkylation sites (N-methyl/N-ethyl adjacent to an activating group) is 1. The fourth-order valence-electron chi connectivity index (χ4n) is 4.70. The minimum atomic E-state index is -0.955. The molecule has 2 saturated heterocycles. The van der Waals surface area contributed by atoms with Crippen molar-refractivity contribution in [3.63, 3.8) is 0 Å². The minimum Gasteiger partial charge on any atom is -0.444 e. The summed E-state index contributed by atoms with van der Waals surface area (Å²) >= 11 is 0. The molecular formula is C35H58F2N2O4. The van der Waals surface area contributed by atoms with E-state index in [4.69, 9.17) is 14.2 Å². The molecule has 2 aromatic carbocycles. The smallest absolute Gasteiger partial charge is 0.410 e. The normalized spacial score (nSPS) is 22.6. The fraction of sp³-hybridized carbons (Fsp3) is 0.629. The van der Waals surface area contributed by atoms with Crippen molar-refractivity contribution in [3.8, 4) is 0 Å². The van der Waals surface area contributed by atoms with Crippen LogP contribution in [-0.2, 0) is 27.4 Å². The average molecular weight is 609 g/mol. The number of carbonyl (C=O) groups excluding carboxylic acids is 1. The highest BCUT2D eigenvalue weighted by Crippen LogP contribution is 2.21. The molecule has 0 bridgehead atoms. The number of nitrogens with zero attached hydrogens (tertiary/aromatic N) is 2. The van der Waals surface area contributed by atoms with Gasteiger partial charge in [-0.2, -0.15) is 0 Å². The number of hydrogen-bond donors (Lipinski definition) is 0. The molecule has 8 heteroatoms. The molecule has 43 heavy (non-hydrogen) atoms. The molecule has 0 radical (unpaired) electrons. The Morgan fingerprint density at radius 2 is 1.21 bits per heavy atom. The Bertz CT molecular complexity index is 978. The van der Waals surface area contributed by atoms with Gasteiger partial charge < -0.3 is 24.0 Å². The Kier molecular flexibility index (Phi) is 19.2. The highest BCUT2D eigenvalue weighted by molar-refractivity contribution is 5.68. The Labute approximate surface area is 260 Å². The number of likely N-dealkylation sites (tertiary alicyclic amines) is 2. The number of hydrogen-bond acceptors (Lipinski definition) is 5. The molecular weight excluding hydrogens is 550 g/mol. The lowest BCUT2D eigenvalue weighted by molar-refractivity contribution is -0.00667. The summed E-state index contributed by atoms with van der Waals surface area (Å²) in [7, 11) is 2.02. The van der Waals surface area contributed by atoms with Crippen molar-refractivity contribution in [3.05, 3.63) is 71.8 Å². The summed E-state index contributed by atoms with van der Waals surface area (Å²) < 4.78 is 44.5. The third-order valence-corrected chi connectivity index (χ3v) is 6.82. The second-order valence-electron chi connectivity index (χ2n) is 11.8. The predicted molar refractivity (Wildman–Crippen MR) is 174 cm³/mol. The highest BCUT2D eigenvalue weighted by Gasteiger charge is 2.30. The largest absolute Gasteiger partial charge is 0.444 e. The average Bonchev–Trinajstić information content (AvgIpc) is 3.21. The van der Waals surface area contributed by atoms with Crippen molar-refractivity contribution in [1.29, 1.82) is 0 Å². The van der Waals surface area contributed by atoms with E-state index in [2.05, 4.69) is 4.90 Å². The standard InChI is InChI=1S/C18H26FNO3.C14H20FNO.3CH4/c1-18(2,3)23-17(21)20-10-9-15(19)11-16(12-20)22-13-14-7-5-4-6-8-14;1-16-8-7-13(15)9-14(10-16)17-11-12-5-3-2-4-6-12;;;/h4-8,15-16H,9-13H2,1-3H3;2-6,13-14H,7-11H2,1H3;3*1H4. The van der Waals surface area contributed by atoms with Crippen LogP contribution in [0.5, 0.6) is 0 Å². The van der Waals surface area contributed by atoms with E-state index in [9.17, 15) is 13.6 Å². The van der Waals surface area contributed by atoms with Crippen molar-refractivity contribution < 1.29 is 27.8 Å². The second-order valence-corrected chi connectivity index (χ2v) is 11.8. The van der Waals surface area contributed by atoms with Gasteiger partial charge in [0, 0.05) is 32.5 Å². The summed E-state index contributed by atoms with van der Waals surface area (Å²) in [6.45, 7) is 8.84. The molecule has 2 aromatic rings. The van der Waals surface area contributed by atoms with Gasteiger partial charge in [0.2, 0.25) is 0 Å². The van der Waals surface area contributed by atoms with Gasteiger partial charge in [-0.25, -0.2) is 13.6 Å². The van der Waals surface area contributed by atoms with Gasteiger partial charge in [-0.1, -0.05) is 82.9 Å². The maximum Gasteiger partial charge on any atom is 0.410 e. The van der Waals surface area contributed by atoms with Gasteiger partial charge >= 0.3 is 6.09 Å². The first-order chi connectivity index (χ1) is 19.1. The Hall–Kier alpha value is -2.55. The van der Waals surface area contributed by atoms with Crippen LogP contribution in [0.1, 0.15) is 79.9 Å². The molecule has 2 aliphatic heterocycles. The molecule has 4 atom stereocenters. The number of amides is 1. The van der Waals surface area contributed by atoms with E-state index in [1.54, 1.807) is 4.90 Å². The summed E-state index contributed by atoms with van der Waals surface area (Å²) in [5, 5.41) is 0. The van der Waals surface area contributed by atoms with Crippen molar-refractivity contribution in [1.82, 2.24) is 9.80 Å². The SMILES string of the molecule is C.C.C.CC(C)(C)OC(=O)N1CCC(F)CC(OCc2ccccc2)C1.CN1CCC(F)CC(OCc2ccccc2)C1. The first-order valence-corrected chi connectivity index (χ1v) is 14.3. The van der Waals surface area contributed by atoms with Crippen LogP contribution < -0.4 is 0 Å². The first-order valence-electron chi connectivity index (χ1n) is 14.3. The molecule has 4 unspecified atom stereocenters. The quantitative estimate of drug-likeness (QED) is 0.329. The third kappa shape index (κ3) is 16.2. The number of benzene rings is 2. The van der Waals surface area contributed by atoms with E-state index in [0.717, 1.165) is 24.2 Å². The van der Waals surface area contributed by atoms with Crippen molar-refractivity contribution >= 4 is 6.09 Å². The van der Waals surface area contributed by atoms with E-state index in [1.165, 1.54) is 0 Å². The molecule has 0 saturated carbocycles. The molecule has 1 amide bonds. The van der Waals surface area contributed by atoms with Crippen LogP contribution in [0.4, 0.5) is 13.6 Å². The lowest BCUT2D eigenvalue weighted by Gasteiger charge is -2.28. The maximum absolute atomic E-state index is 13.9. The summed E-state index contributed by atoms with van der Waals surface area (Å²) in [4.78, 5) is 15.9. The summed E-state index contributed by atoms with van der Waals surface area (Å²) in [6.07, 6.45) is -0.600. The fourth-order valence-corrected chi connectivity index (χ4v) is 4.70. The molecule has 2 fully saturated rings. The molecule has 0 aliphatic carbocycles. The van der Waals surface area contributed by atoms with Gasteiger partial charge in [-0.3, -0.25) is 0 Å². The molecule has 246 valence electrons. The molecule has 4 rings (SSSR count). The number of alkyl halides is 2. The first kappa shape index (κ1) is 40.5. The Morgan fingerprint density at radius 1 is 0.767 bits per heavy atom. The third-order valence-electron chi connectivity index (χ3n) is 6.82. The van der Waals surface area contributed by atoms with Crippen LogP contribution >= 0.6 is 0 Å². The van der Waals surface area contributed by atoms with Gasteiger partial charge in [-0.15, -0.1) is 0 Å². The molecule has 2 heterocycles. The van der Waals surface area contributed by atoms with Gasteiger partial charge in [0.25, 0.3) is 0 Å². The summed E-state index contributed by atoms with van der Waals surface area (Å²) in [5.41, 5.74) is 1.63. The monoisotopic (exact) mass is 608 g/mol. The van der Waals surface area contributed by atoms with E-state index in [-0.39, 0.29) is 34.5 Å². The van der Waals surface area contributed by atoms with E-state index < -0.39 is 24.0 Å². The van der Waals surface area contributed by atoms with Gasteiger partial charge in [0.05, 0.1) is 32.0 Å². The highest BCUT2D eigenvalue weighted by atomic mass is 19.1. The molecule has 0 aromatic heterocycles. The van der Waals surface area contributed by atoms with Crippen LogP contribution in [0.15, 0.2) is 60.7 Å². The number of ether oxygens (including phenoxy) is 3. The zero-order chi connectivity index (χ0) is 29.0. The molecule has 0 N–H and O–H groups in total. The van der Waals surface area contributed by atoms with Gasteiger partial charge in [0.15, 0.2) is 0 Å². The molecule has 0 spiro atoms. The van der Waals surface area contributed by atoms with E-state index in [1.807, 2.05) is 88.5 Å². The lowest BCUT2D eigenvalue weighted by atomic mass is 10.1. The van der Waals surface area contributed by atoms with Crippen molar-refractivity contribution in [2.24, 2.45) is 0 Å². The summed E-state index contributed by atoms with van der Waals surface area (Å²) in [5.74, 6) is 0. The summed E-state index contributed by atoms with van der Waals surface area (Å²) in [6, 6.07) is 19.8. The van der Waals surface area contributed by atoms with Crippen LogP contribution in [0.2, 0.25) is 0 Å². The molecule has 6 nitrogen and oxygen atoms in total. The predicted octanol–water partition coefficient (Wildman–Crippen LogP) is 8.48. The minimum absolute atomic E-state index is 0. The van der Waals surface area contributed by atoms with Gasteiger partial charge in [-0.05, 0) is 51.8 Å². The van der Waals surface area contributed by atoms with E-state index >= 15 is 0 Å². The van der Waals surface area contributed by atoms with Crippen molar-refractivity contribution in [2.75, 3.05) is 33.2 Å². The topological polar surface area (TPSA) is 51.2 Å². The zero-order valence-corrected chi connectivity index (χ0v) is 24.4. The number of carbonyl (C=O) groups is 1. The number of halogens is 2. The van der Waals surface area contributed by atoms with Crippen LogP contribution in [-0.4, -0.2) is 79.3 Å². The zero-order valence-electron chi connectivity index (χ0n) is 24.4. The lowest BCUT2D eigenvalue weighted by Crippen LogP contribution is -2.40. The van der Waals surface area contributed by atoms with Crippen LogP contribution in [0.25, 0.3) is 0 Å². The number of rotatable bonds is 6. The Balaban J connectivity index is 0.000000795. The molecule has 2 aliphatic rings. The van der Waals surface area contributed by atoms with Crippen molar-refractivity contribution in [2.45, 2.75) is 112 Å². The van der Waals surface area contributed by atoms with Gasteiger partial charge in [0.1, 0.15) is 17.9 Å². The van der Waals surface area contributed by atoms with E-state index in [0.29, 0.717) is 52.0 Å². The Morgan fingerprint density at radius 3 is 1.67 bits per heavy atom.